The first-order chi connectivity index (χ1) is 14.9. The Morgan fingerprint density at radius 1 is 1.10 bits per heavy atom. The molecule has 3 aromatic carbocycles. The van der Waals surface area contributed by atoms with Crippen LogP contribution in [0.5, 0.6) is 5.75 Å². The van der Waals surface area contributed by atoms with Crippen LogP contribution in [0.15, 0.2) is 71.3 Å². The van der Waals surface area contributed by atoms with E-state index < -0.39 is 5.92 Å². The zero-order valence-electron chi connectivity index (χ0n) is 16.1. The fourth-order valence-electron chi connectivity index (χ4n) is 3.56. The number of ether oxygens (including phenoxy) is 1. The quantitative estimate of drug-likeness (QED) is 0.207. The van der Waals surface area contributed by atoms with E-state index in [0.717, 1.165) is 27.6 Å². The Morgan fingerprint density at radius 3 is 2.65 bits per heavy atom. The molecule has 1 heterocycles. The highest BCUT2D eigenvalue weighted by Gasteiger charge is 2.24. The molecule has 4 rings (SSSR count). The number of hydrogen-bond acceptors (Lipinski definition) is 3. The van der Waals surface area contributed by atoms with E-state index in [0.29, 0.717) is 20.3 Å². The second-order valence-electron chi connectivity index (χ2n) is 7.07. The van der Waals surface area contributed by atoms with Gasteiger partial charge in [0.05, 0.1) is 10.4 Å². The van der Waals surface area contributed by atoms with Crippen LogP contribution in [0, 0.1) is 10.1 Å². The number of H-pyrrole nitrogens is 1. The Kier molecular flexibility index (Phi) is 6.51. The molecular weight excluding hydrogens is 503 g/mol. The highest BCUT2D eigenvalue weighted by molar-refractivity contribution is 9.10. The minimum absolute atomic E-state index is 0.213. The summed E-state index contributed by atoms with van der Waals surface area (Å²) in [5.41, 5.74) is 3.47. The molecule has 0 saturated heterocycles. The summed E-state index contributed by atoms with van der Waals surface area (Å²) in [6.07, 6.45) is 1.85. The molecule has 0 bridgehead atoms. The first kappa shape index (κ1) is 21.7. The van der Waals surface area contributed by atoms with E-state index >= 15 is 0 Å². The van der Waals surface area contributed by atoms with Crippen molar-refractivity contribution in [2.45, 2.75) is 12.5 Å². The van der Waals surface area contributed by atoms with Gasteiger partial charge in [-0.15, -0.1) is 0 Å². The Morgan fingerprint density at radius 2 is 1.90 bits per heavy atom. The number of rotatable bonds is 7. The summed E-state index contributed by atoms with van der Waals surface area (Å²) in [5.74, 6) is 0.218. The van der Waals surface area contributed by atoms with Crippen molar-refractivity contribution in [3.05, 3.63) is 108 Å². The number of nitrogens with zero attached hydrogens (tertiary/aromatic N) is 1. The molecule has 0 saturated carbocycles. The molecule has 158 valence electrons. The molecule has 0 amide bonds. The van der Waals surface area contributed by atoms with E-state index in [1.165, 1.54) is 0 Å². The third kappa shape index (κ3) is 4.87. The molecule has 0 spiro atoms. The van der Waals surface area contributed by atoms with Crippen LogP contribution >= 0.6 is 39.1 Å². The molecule has 1 aromatic heterocycles. The number of aromatic amines is 1. The Hall–Kier alpha value is -2.54. The fraction of sp³-hybridized carbons (Fsp3) is 0.130. The van der Waals surface area contributed by atoms with Crippen molar-refractivity contribution >= 4 is 50.0 Å². The van der Waals surface area contributed by atoms with Gasteiger partial charge >= 0.3 is 0 Å². The number of benzene rings is 3. The molecule has 8 heteroatoms. The number of fused-ring (bicyclic) bond motifs is 1. The van der Waals surface area contributed by atoms with Crippen LogP contribution in [0.1, 0.15) is 22.6 Å². The van der Waals surface area contributed by atoms with Gasteiger partial charge in [-0.2, -0.15) is 0 Å². The molecule has 0 radical (unpaired) electrons. The maximum Gasteiger partial charge on any atom is 0.214 e. The van der Waals surface area contributed by atoms with Crippen LogP contribution in [-0.2, 0) is 6.61 Å². The minimum atomic E-state index is -0.401. The summed E-state index contributed by atoms with van der Waals surface area (Å²) < 4.78 is 6.62. The van der Waals surface area contributed by atoms with Gasteiger partial charge in [0.15, 0.2) is 0 Å². The van der Waals surface area contributed by atoms with Crippen molar-refractivity contribution < 1.29 is 9.66 Å². The van der Waals surface area contributed by atoms with Crippen LogP contribution < -0.4 is 4.74 Å². The second kappa shape index (κ2) is 9.30. The van der Waals surface area contributed by atoms with Gasteiger partial charge in [0.2, 0.25) is 6.54 Å². The van der Waals surface area contributed by atoms with E-state index in [4.69, 9.17) is 27.9 Å². The van der Waals surface area contributed by atoms with Gasteiger partial charge in [0, 0.05) is 37.6 Å². The molecule has 0 fully saturated rings. The van der Waals surface area contributed by atoms with Crippen molar-refractivity contribution in [3.8, 4) is 5.75 Å². The third-order valence-electron chi connectivity index (χ3n) is 5.08. The van der Waals surface area contributed by atoms with Crippen LogP contribution in [0.2, 0.25) is 10.0 Å². The highest BCUT2D eigenvalue weighted by Crippen LogP contribution is 2.35. The maximum absolute atomic E-state index is 11.4. The Balaban J connectivity index is 1.61. The first-order valence-corrected chi connectivity index (χ1v) is 11.0. The topological polar surface area (TPSA) is 68.2 Å². The van der Waals surface area contributed by atoms with E-state index in [-0.39, 0.29) is 18.1 Å². The lowest BCUT2D eigenvalue weighted by molar-refractivity contribution is -0.481. The molecule has 31 heavy (non-hydrogen) atoms. The van der Waals surface area contributed by atoms with E-state index in [9.17, 15) is 10.1 Å². The molecule has 5 nitrogen and oxygen atoms in total. The van der Waals surface area contributed by atoms with Gasteiger partial charge in [-0.25, -0.2) is 0 Å². The molecule has 4 aromatic rings. The monoisotopic (exact) mass is 518 g/mol. The predicted molar refractivity (Wildman–Crippen MR) is 127 cm³/mol. The largest absolute Gasteiger partial charge is 0.488 e. The van der Waals surface area contributed by atoms with Crippen LogP contribution in [0.4, 0.5) is 0 Å². The van der Waals surface area contributed by atoms with Crippen LogP contribution in [0.25, 0.3) is 10.9 Å². The van der Waals surface area contributed by atoms with Crippen molar-refractivity contribution in [1.29, 1.82) is 0 Å². The molecule has 0 aliphatic heterocycles. The summed E-state index contributed by atoms with van der Waals surface area (Å²) >= 11 is 15.7. The molecule has 1 atom stereocenters. The highest BCUT2D eigenvalue weighted by atomic mass is 79.9. The van der Waals surface area contributed by atoms with E-state index in [1.807, 2.05) is 54.7 Å². The zero-order valence-corrected chi connectivity index (χ0v) is 19.2. The summed E-state index contributed by atoms with van der Waals surface area (Å²) in [6, 6.07) is 18.6. The Labute approximate surface area is 197 Å². The maximum atomic E-state index is 11.4. The van der Waals surface area contributed by atoms with Crippen molar-refractivity contribution in [2.75, 3.05) is 6.54 Å². The van der Waals surface area contributed by atoms with Crippen molar-refractivity contribution in [1.82, 2.24) is 4.98 Å². The summed E-state index contributed by atoms with van der Waals surface area (Å²) in [5, 5.41) is 13.5. The lowest BCUT2D eigenvalue weighted by Gasteiger charge is -2.16. The van der Waals surface area contributed by atoms with Crippen molar-refractivity contribution in [2.24, 2.45) is 0 Å². The number of hydrogen-bond donors (Lipinski definition) is 1. The van der Waals surface area contributed by atoms with Gasteiger partial charge in [-0.1, -0.05) is 53.5 Å². The first-order valence-electron chi connectivity index (χ1n) is 9.46. The van der Waals surface area contributed by atoms with Crippen LogP contribution in [-0.4, -0.2) is 16.5 Å². The summed E-state index contributed by atoms with van der Waals surface area (Å²) in [6.45, 7) is 0.0591. The van der Waals surface area contributed by atoms with Gasteiger partial charge in [0.1, 0.15) is 12.4 Å². The molecule has 1 N–H and O–H groups in total. The number of nitro groups is 1. The molecule has 0 aliphatic carbocycles. The smallest absolute Gasteiger partial charge is 0.214 e. The Bertz CT molecular complexity index is 1260. The average molecular weight is 520 g/mol. The summed E-state index contributed by atoms with van der Waals surface area (Å²) in [7, 11) is 0. The molecule has 0 unspecified atom stereocenters. The number of nitrogens with one attached hydrogen (secondary N) is 1. The third-order valence-corrected chi connectivity index (χ3v) is 6.29. The number of aromatic nitrogens is 1. The number of halogens is 3. The lowest BCUT2D eigenvalue weighted by Crippen LogP contribution is -2.14. The second-order valence-corrected chi connectivity index (χ2v) is 8.77. The standard InChI is InChI=1S/C23H17BrCl2N2O3/c24-20-9-14(6-8-23(20)31-13-15-5-7-16(25)10-21(15)26)19(12-28(29)30)18-11-27-22-4-2-1-3-17(18)22/h1-11,19,27H,12-13H2/t19-/m0/s1. The van der Waals surface area contributed by atoms with Gasteiger partial charge < -0.3 is 9.72 Å². The molecule has 0 aliphatic rings. The molecular formula is C23H17BrCl2N2O3. The lowest BCUT2D eigenvalue weighted by atomic mass is 9.91. The normalized spacial score (nSPS) is 12.1. The van der Waals surface area contributed by atoms with E-state index in [2.05, 4.69) is 20.9 Å². The van der Waals surface area contributed by atoms with Gasteiger partial charge in [-0.05, 0) is 57.4 Å². The van der Waals surface area contributed by atoms with Crippen LogP contribution in [0.3, 0.4) is 0 Å². The van der Waals surface area contributed by atoms with E-state index in [1.54, 1.807) is 12.1 Å². The minimum Gasteiger partial charge on any atom is -0.488 e. The number of para-hydroxylation sites is 1. The van der Waals surface area contributed by atoms with Gasteiger partial charge in [-0.3, -0.25) is 10.1 Å². The predicted octanol–water partition coefficient (Wildman–Crippen LogP) is 7.22. The average Bonchev–Trinajstić information content (AvgIpc) is 3.16. The SMILES string of the molecule is O=[N+]([O-])C[C@@H](c1ccc(OCc2ccc(Cl)cc2Cl)c(Br)c1)c1c[nH]c2ccccc12. The van der Waals surface area contributed by atoms with Gasteiger partial charge in [0.25, 0.3) is 0 Å². The van der Waals surface area contributed by atoms with Crippen molar-refractivity contribution in [3.63, 3.8) is 0 Å². The zero-order chi connectivity index (χ0) is 22.0. The summed E-state index contributed by atoms with van der Waals surface area (Å²) in [4.78, 5) is 14.3. The fourth-order valence-corrected chi connectivity index (χ4v) is 4.53.